The second-order valence-corrected chi connectivity index (χ2v) is 6.52. The lowest BCUT2D eigenvalue weighted by atomic mass is 9.89. The Morgan fingerprint density at radius 1 is 1.09 bits per heavy atom. The van der Waals surface area contributed by atoms with Crippen molar-refractivity contribution in [2.45, 2.75) is 26.7 Å². The molecule has 0 radical (unpaired) electrons. The Labute approximate surface area is 141 Å². The highest BCUT2D eigenvalue weighted by Crippen LogP contribution is 2.25. The number of hydrogen-bond donors (Lipinski definition) is 0. The molecule has 4 nitrogen and oxygen atoms in total. The molecule has 1 aromatic carbocycles. The third-order valence-electron chi connectivity index (χ3n) is 4.25. The number of Topliss-reactive ketones (excluding diaryl/α,β-unsaturated/α-hetero) is 1. The molecule has 2 aromatic rings. The quantitative estimate of drug-likeness (QED) is 0.802. The Morgan fingerprint density at radius 3 is 2.22 bits per heavy atom. The highest BCUT2D eigenvalue weighted by molar-refractivity contribution is 6.30. The van der Waals surface area contributed by atoms with Crippen LogP contribution in [0.3, 0.4) is 0 Å². The molecule has 23 heavy (non-hydrogen) atoms. The van der Waals surface area contributed by atoms with Crippen molar-refractivity contribution in [1.82, 2.24) is 9.97 Å². The number of hydrogen-bond acceptors (Lipinski definition) is 4. The highest BCUT2D eigenvalue weighted by Gasteiger charge is 2.27. The van der Waals surface area contributed by atoms with Crippen LogP contribution in [0.5, 0.6) is 0 Å². The van der Waals surface area contributed by atoms with Crippen molar-refractivity contribution in [3.05, 3.63) is 52.3 Å². The fraction of sp³-hybridized carbons (Fsp3) is 0.389. The third kappa shape index (κ3) is 3.70. The highest BCUT2D eigenvalue weighted by atomic mass is 35.5. The van der Waals surface area contributed by atoms with Gasteiger partial charge in [-0.15, -0.1) is 0 Å². The predicted molar refractivity (Wildman–Crippen MR) is 92.2 cm³/mol. The lowest BCUT2D eigenvalue weighted by Crippen LogP contribution is -2.37. The lowest BCUT2D eigenvalue weighted by Gasteiger charge is -2.31. The number of nitrogens with zero attached hydrogens (tertiary/aromatic N) is 3. The van der Waals surface area contributed by atoms with E-state index < -0.39 is 0 Å². The van der Waals surface area contributed by atoms with E-state index >= 15 is 0 Å². The molecule has 3 rings (SSSR count). The van der Waals surface area contributed by atoms with E-state index in [2.05, 4.69) is 14.9 Å². The van der Waals surface area contributed by atoms with Crippen LogP contribution >= 0.6 is 11.6 Å². The Balaban J connectivity index is 1.66. The fourth-order valence-electron chi connectivity index (χ4n) is 3.04. The van der Waals surface area contributed by atoms with Gasteiger partial charge in [0, 0.05) is 41.0 Å². The van der Waals surface area contributed by atoms with Gasteiger partial charge in [-0.25, -0.2) is 9.97 Å². The van der Waals surface area contributed by atoms with Gasteiger partial charge in [-0.05, 0) is 57.0 Å². The minimum Gasteiger partial charge on any atom is -0.341 e. The molecule has 0 N–H and O–H groups in total. The summed E-state index contributed by atoms with van der Waals surface area (Å²) in [5, 5.41) is 0.656. The zero-order chi connectivity index (χ0) is 16.4. The first-order valence-electron chi connectivity index (χ1n) is 7.90. The molecule has 0 atom stereocenters. The van der Waals surface area contributed by atoms with E-state index in [9.17, 15) is 4.79 Å². The summed E-state index contributed by atoms with van der Waals surface area (Å²) in [4.78, 5) is 23.8. The molecule has 0 amide bonds. The first kappa shape index (κ1) is 15.9. The number of ketones is 1. The number of halogens is 1. The van der Waals surface area contributed by atoms with Crippen molar-refractivity contribution < 1.29 is 4.79 Å². The summed E-state index contributed by atoms with van der Waals surface area (Å²) in [6.45, 7) is 5.59. The van der Waals surface area contributed by atoms with Crippen LogP contribution in [0.25, 0.3) is 0 Å². The van der Waals surface area contributed by atoms with Crippen LogP contribution in [-0.2, 0) is 0 Å². The van der Waals surface area contributed by atoms with Gasteiger partial charge < -0.3 is 4.90 Å². The summed E-state index contributed by atoms with van der Waals surface area (Å²) >= 11 is 5.88. The number of anilines is 1. The minimum absolute atomic E-state index is 0.0679. The average molecular weight is 330 g/mol. The largest absolute Gasteiger partial charge is 0.341 e. The zero-order valence-corrected chi connectivity index (χ0v) is 14.2. The molecule has 5 heteroatoms. The van der Waals surface area contributed by atoms with E-state index in [0.717, 1.165) is 48.8 Å². The number of benzene rings is 1. The topological polar surface area (TPSA) is 46.1 Å². The number of rotatable bonds is 3. The smallest absolute Gasteiger partial charge is 0.225 e. The molecule has 120 valence electrons. The first-order chi connectivity index (χ1) is 11.0. The fourth-order valence-corrected chi connectivity index (χ4v) is 3.17. The second-order valence-electron chi connectivity index (χ2n) is 6.08. The molecule has 0 unspecified atom stereocenters. The Hall–Kier alpha value is -1.94. The molecule has 0 spiro atoms. The van der Waals surface area contributed by atoms with E-state index in [0.29, 0.717) is 5.02 Å². The third-order valence-corrected chi connectivity index (χ3v) is 4.50. The van der Waals surface area contributed by atoms with Gasteiger partial charge in [0.1, 0.15) is 0 Å². The Morgan fingerprint density at radius 2 is 1.65 bits per heavy atom. The number of carbonyl (C=O) groups is 1. The normalized spacial score (nSPS) is 15.7. The molecule has 0 aliphatic carbocycles. The molecule has 2 heterocycles. The summed E-state index contributed by atoms with van der Waals surface area (Å²) in [7, 11) is 0. The van der Waals surface area contributed by atoms with E-state index in [1.165, 1.54) is 0 Å². The summed E-state index contributed by atoms with van der Waals surface area (Å²) in [6.07, 6.45) is 1.66. The van der Waals surface area contributed by atoms with E-state index in [1.807, 2.05) is 32.0 Å². The van der Waals surface area contributed by atoms with Gasteiger partial charge in [0.25, 0.3) is 0 Å². The summed E-state index contributed by atoms with van der Waals surface area (Å²) in [5.74, 6) is 1.06. The Bertz CT molecular complexity index is 686. The van der Waals surface area contributed by atoms with Crippen molar-refractivity contribution in [3.63, 3.8) is 0 Å². The molecule has 1 aliphatic heterocycles. The number of piperidine rings is 1. The van der Waals surface area contributed by atoms with Crippen LogP contribution in [-0.4, -0.2) is 28.8 Å². The van der Waals surface area contributed by atoms with Crippen molar-refractivity contribution in [2.24, 2.45) is 5.92 Å². The minimum atomic E-state index is 0.0679. The van der Waals surface area contributed by atoms with Crippen LogP contribution in [0.4, 0.5) is 5.95 Å². The predicted octanol–water partition coefficient (Wildman–Crippen LogP) is 3.85. The molecule has 1 fully saturated rings. The van der Waals surface area contributed by atoms with Crippen LogP contribution in [0.1, 0.15) is 34.6 Å². The maximum atomic E-state index is 12.6. The monoisotopic (exact) mass is 329 g/mol. The van der Waals surface area contributed by atoms with E-state index in [1.54, 1.807) is 12.1 Å². The van der Waals surface area contributed by atoms with Gasteiger partial charge >= 0.3 is 0 Å². The molecule has 0 bridgehead atoms. The molecule has 1 aliphatic rings. The Kier molecular flexibility index (Phi) is 4.62. The number of carbonyl (C=O) groups excluding carboxylic acids is 1. The molecule has 1 saturated heterocycles. The SMILES string of the molecule is Cc1cc(C)nc(N2CCC(C(=O)c3ccc(Cl)cc3)CC2)n1. The molecular formula is C18H20ClN3O. The van der Waals surface area contributed by atoms with Crippen molar-refractivity contribution in [2.75, 3.05) is 18.0 Å². The zero-order valence-electron chi connectivity index (χ0n) is 13.4. The van der Waals surface area contributed by atoms with Crippen LogP contribution in [0.2, 0.25) is 5.02 Å². The van der Waals surface area contributed by atoms with E-state index in [4.69, 9.17) is 11.6 Å². The number of aryl methyl sites for hydroxylation is 2. The lowest BCUT2D eigenvalue weighted by molar-refractivity contribution is 0.0900. The van der Waals surface area contributed by atoms with Gasteiger partial charge in [0.05, 0.1) is 0 Å². The van der Waals surface area contributed by atoms with Gasteiger partial charge in [-0.2, -0.15) is 0 Å². The van der Waals surface area contributed by atoms with Gasteiger partial charge in [-0.1, -0.05) is 11.6 Å². The average Bonchev–Trinajstić information content (AvgIpc) is 2.54. The van der Waals surface area contributed by atoms with E-state index in [-0.39, 0.29) is 11.7 Å². The van der Waals surface area contributed by atoms with Gasteiger partial charge in [0.15, 0.2) is 5.78 Å². The summed E-state index contributed by atoms with van der Waals surface area (Å²) in [6, 6.07) is 9.13. The standard InChI is InChI=1S/C18H20ClN3O/c1-12-11-13(2)21-18(20-12)22-9-7-15(8-10-22)17(23)14-3-5-16(19)6-4-14/h3-6,11,15H,7-10H2,1-2H3. The maximum absolute atomic E-state index is 12.6. The van der Waals surface area contributed by atoms with Crippen LogP contribution in [0, 0.1) is 19.8 Å². The van der Waals surface area contributed by atoms with Gasteiger partial charge in [0.2, 0.25) is 5.95 Å². The molecule has 1 aromatic heterocycles. The van der Waals surface area contributed by atoms with Crippen molar-refractivity contribution in [1.29, 1.82) is 0 Å². The first-order valence-corrected chi connectivity index (χ1v) is 8.28. The van der Waals surface area contributed by atoms with Crippen LogP contribution in [0.15, 0.2) is 30.3 Å². The maximum Gasteiger partial charge on any atom is 0.225 e. The number of aromatic nitrogens is 2. The molecule has 0 saturated carbocycles. The second kappa shape index (κ2) is 6.67. The molecular weight excluding hydrogens is 310 g/mol. The van der Waals surface area contributed by atoms with Crippen LogP contribution < -0.4 is 4.90 Å². The van der Waals surface area contributed by atoms with Crippen molar-refractivity contribution >= 4 is 23.3 Å². The summed E-state index contributed by atoms with van der Waals surface area (Å²) < 4.78 is 0. The summed E-state index contributed by atoms with van der Waals surface area (Å²) in [5.41, 5.74) is 2.70. The van der Waals surface area contributed by atoms with Gasteiger partial charge in [-0.3, -0.25) is 4.79 Å². The van der Waals surface area contributed by atoms with Crippen molar-refractivity contribution in [3.8, 4) is 0 Å².